The highest BCUT2D eigenvalue weighted by Crippen LogP contribution is 2.24. The second kappa shape index (κ2) is 5.92. The van der Waals surface area contributed by atoms with Crippen molar-refractivity contribution in [3.05, 3.63) is 29.8 Å². The van der Waals surface area contributed by atoms with Gasteiger partial charge in [-0.15, -0.1) is 0 Å². The van der Waals surface area contributed by atoms with Gasteiger partial charge in [-0.3, -0.25) is 0 Å². The average Bonchev–Trinajstić information content (AvgIpc) is 2.35. The van der Waals surface area contributed by atoms with Crippen molar-refractivity contribution in [3.8, 4) is 0 Å². The molecule has 2 N–H and O–H groups in total. The van der Waals surface area contributed by atoms with E-state index in [2.05, 4.69) is 4.74 Å². The number of rotatable bonds is 4. The summed E-state index contributed by atoms with van der Waals surface area (Å²) in [5.41, 5.74) is 6.29. The van der Waals surface area contributed by atoms with Crippen LogP contribution < -0.4 is 10.6 Å². The van der Waals surface area contributed by atoms with Gasteiger partial charge in [0.2, 0.25) is 0 Å². The van der Waals surface area contributed by atoms with Gasteiger partial charge in [0.1, 0.15) is 0 Å². The van der Waals surface area contributed by atoms with Crippen LogP contribution in [0.4, 0.5) is 18.9 Å². The lowest BCUT2D eigenvalue weighted by molar-refractivity contribution is -0.137. The number of methoxy groups -OCH3 is 1. The topological polar surface area (TPSA) is 55.6 Å². The summed E-state index contributed by atoms with van der Waals surface area (Å²) in [6.07, 6.45) is -6.61. The molecule has 106 valence electrons. The maximum Gasteiger partial charge on any atom is 0.392 e. The third-order valence-electron chi connectivity index (χ3n) is 2.63. The van der Waals surface area contributed by atoms with Crippen LogP contribution in [0.25, 0.3) is 0 Å². The third kappa shape index (κ3) is 4.44. The van der Waals surface area contributed by atoms with Gasteiger partial charge >= 0.3 is 12.1 Å². The summed E-state index contributed by atoms with van der Waals surface area (Å²) in [5.74, 6) is -0.506. The Bertz CT molecular complexity index is 432. The first kappa shape index (κ1) is 15.3. The molecule has 0 aliphatic heterocycles. The van der Waals surface area contributed by atoms with E-state index in [9.17, 15) is 18.0 Å². The number of ether oxygens (including phenoxy) is 1. The van der Waals surface area contributed by atoms with Gasteiger partial charge < -0.3 is 15.4 Å². The Labute approximate surface area is 108 Å². The third-order valence-corrected chi connectivity index (χ3v) is 2.63. The number of alkyl halides is 3. The van der Waals surface area contributed by atoms with Gasteiger partial charge in [0.25, 0.3) is 0 Å². The van der Waals surface area contributed by atoms with Crippen LogP contribution in [0.15, 0.2) is 24.3 Å². The molecular formula is C12H15F3N2O2. The molecule has 0 fully saturated rings. The highest BCUT2D eigenvalue weighted by molar-refractivity contribution is 5.89. The van der Waals surface area contributed by atoms with Gasteiger partial charge in [-0.1, -0.05) is 0 Å². The van der Waals surface area contributed by atoms with Crippen LogP contribution in [-0.2, 0) is 4.74 Å². The highest BCUT2D eigenvalue weighted by atomic mass is 19.4. The van der Waals surface area contributed by atoms with Crippen LogP contribution in [0, 0.1) is 0 Å². The predicted molar refractivity (Wildman–Crippen MR) is 64.8 cm³/mol. The van der Waals surface area contributed by atoms with Crippen LogP contribution in [-0.4, -0.2) is 32.5 Å². The Morgan fingerprint density at radius 2 is 1.89 bits per heavy atom. The molecule has 0 aromatic heterocycles. The van der Waals surface area contributed by atoms with E-state index in [0.717, 1.165) is 0 Å². The SMILES string of the molecule is COC(=O)c1ccc(N(C)C(N)CC(F)(F)F)cc1. The van der Waals surface area contributed by atoms with Crippen molar-refractivity contribution in [1.82, 2.24) is 0 Å². The minimum Gasteiger partial charge on any atom is -0.465 e. The van der Waals surface area contributed by atoms with Gasteiger partial charge in [0.15, 0.2) is 0 Å². The lowest BCUT2D eigenvalue weighted by Crippen LogP contribution is -2.42. The van der Waals surface area contributed by atoms with Crippen LogP contribution in [0.3, 0.4) is 0 Å². The largest absolute Gasteiger partial charge is 0.465 e. The molecule has 0 bridgehead atoms. The Morgan fingerprint density at radius 3 is 2.32 bits per heavy atom. The molecule has 1 aromatic carbocycles. The molecule has 0 heterocycles. The molecule has 0 saturated heterocycles. The predicted octanol–water partition coefficient (Wildman–Crippen LogP) is 2.15. The van der Waals surface area contributed by atoms with E-state index in [4.69, 9.17) is 5.73 Å². The van der Waals surface area contributed by atoms with Gasteiger partial charge in [0, 0.05) is 12.7 Å². The molecule has 19 heavy (non-hydrogen) atoms. The summed E-state index contributed by atoms with van der Waals surface area (Å²) >= 11 is 0. The van der Waals surface area contributed by atoms with Crippen molar-refractivity contribution in [2.24, 2.45) is 5.73 Å². The molecule has 4 nitrogen and oxygen atoms in total. The molecule has 0 aliphatic carbocycles. The summed E-state index contributed by atoms with van der Waals surface area (Å²) in [5, 5.41) is 0. The fourth-order valence-electron chi connectivity index (χ4n) is 1.52. The number of carbonyl (C=O) groups excluding carboxylic acids is 1. The van der Waals surface area contributed by atoms with E-state index >= 15 is 0 Å². The number of hydrogen-bond donors (Lipinski definition) is 1. The zero-order valence-corrected chi connectivity index (χ0v) is 10.6. The van der Waals surface area contributed by atoms with Crippen molar-refractivity contribution in [2.75, 3.05) is 19.1 Å². The molecule has 0 aliphatic rings. The Hall–Kier alpha value is -1.76. The van der Waals surface area contributed by atoms with Crippen molar-refractivity contribution < 1.29 is 22.7 Å². The van der Waals surface area contributed by atoms with E-state index < -0.39 is 24.7 Å². The summed E-state index contributed by atoms with van der Waals surface area (Å²) < 4.78 is 41.2. The van der Waals surface area contributed by atoms with Gasteiger partial charge in [-0.05, 0) is 24.3 Å². The second-order valence-electron chi connectivity index (χ2n) is 4.04. The maximum absolute atomic E-state index is 12.2. The van der Waals surface area contributed by atoms with E-state index in [0.29, 0.717) is 11.3 Å². The molecule has 1 rings (SSSR count). The van der Waals surface area contributed by atoms with E-state index in [1.807, 2.05) is 0 Å². The molecule has 0 saturated carbocycles. The fraction of sp³-hybridized carbons (Fsp3) is 0.417. The first-order chi connectivity index (χ1) is 8.74. The minimum atomic E-state index is -4.32. The summed E-state index contributed by atoms with van der Waals surface area (Å²) in [6, 6.07) is 5.97. The van der Waals surface area contributed by atoms with Crippen molar-refractivity contribution in [2.45, 2.75) is 18.8 Å². The summed E-state index contributed by atoms with van der Waals surface area (Å²) in [6.45, 7) is 0. The monoisotopic (exact) mass is 276 g/mol. The number of hydrogen-bond acceptors (Lipinski definition) is 4. The molecule has 0 spiro atoms. The highest BCUT2D eigenvalue weighted by Gasteiger charge is 2.32. The van der Waals surface area contributed by atoms with Crippen molar-refractivity contribution >= 4 is 11.7 Å². The number of anilines is 1. The Balaban J connectivity index is 2.77. The van der Waals surface area contributed by atoms with Crippen LogP contribution >= 0.6 is 0 Å². The molecule has 1 unspecified atom stereocenters. The molecule has 0 amide bonds. The summed E-state index contributed by atoms with van der Waals surface area (Å²) in [4.78, 5) is 12.5. The quantitative estimate of drug-likeness (QED) is 0.676. The molecule has 1 aromatic rings. The first-order valence-electron chi connectivity index (χ1n) is 5.48. The minimum absolute atomic E-state index is 0.323. The molecule has 0 radical (unpaired) electrons. The number of esters is 1. The van der Waals surface area contributed by atoms with E-state index in [-0.39, 0.29) is 0 Å². The maximum atomic E-state index is 12.2. The second-order valence-corrected chi connectivity index (χ2v) is 4.04. The van der Waals surface area contributed by atoms with Crippen molar-refractivity contribution in [1.29, 1.82) is 0 Å². The number of benzene rings is 1. The fourth-order valence-corrected chi connectivity index (χ4v) is 1.52. The van der Waals surface area contributed by atoms with Gasteiger partial charge in [0.05, 0.1) is 25.3 Å². The van der Waals surface area contributed by atoms with Crippen LogP contribution in [0.2, 0.25) is 0 Å². The standard InChI is InChI=1S/C12H15F3N2O2/c1-17(10(16)7-12(13,14)15)9-5-3-8(4-6-9)11(18)19-2/h3-6,10H,7,16H2,1-2H3. The Kier molecular flexibility index (Phi) is 4.77. The van der Waals surface area contributed by atoms with E-state index in [1.54, 1.807) is 0 Å². The van der Waals surface area contributed by atoms with Gasteiger partial charge in [-0.2, -0.15) is 13.2 Å². The van der Waals surface area contributed by atoms with E-state index in [1.165, 1.54) is 43.3 Å². The Morgan fingerprint density at radius 1 is 1.37 bits per heavy atom. The lowest BCUT2D eigenvalue weighted by Gasteiger charge is -2.27. The zero-order valence-electron chi connectivity index (χ0n) is 10.6. The number of carbonyl (C=O) groups is 1. The summed E-state index contributed by atoms with van der Waals surface area (Å²) in [7, 11) is 2.71. The molecule has 1 atom stereocenters. The number of nitrogens with zero attached hydrogens (tertiary/aromatic N) is 1. The lowest BCUT2D eigenvalue weighted by atomic mass is 10.2. The van der Waals surface area contributed by atoms with Crippen LogP contribution in [0.1, 0.15) is 16.8 Å². The average molecular weight is 276 g/mol. The zero-order chi connectivity index (χ0) is 14.6. The van der Waals surface area contributed by atoms with Gasteiger partial charge in [-0.25, -0.2) is 4.79 Å². The normalized spacial score (nSPS) is 12.9. The first-order valence-corrected chi connectivity index (χ1v) is 5.48. The molecule has 7 heteroatoms. The van der Waals surface area contributed by atoms with Crippen molar-refractivity contribution in [3.63, 3.8) is 0 Å². The number of nitrogens with two attached hydrogens (primary N) is 1. The molecular weight excluding hydrogens is 261 g/mol. The number of halogens is 3. The smallest absolute Gasteiger partial charge is 0.392 e. The van der Waals surface area contributed by atoms with Crippen LogP contribution in [0.5, 0.6) is 0 Å².